The highest BCUT2D eigenvalue weighted by Gasteiger charge is 2.43. The van der Waals surface area contributed by atoms with E-state index < -0.39 is 6.04 Å². The highest BCUT2D eigenvalue weighted by Crippen LogP contribution is 2.41. The van der Waals surface area contributed by atoms with Crippen molar-refractivity contribution < 1.29 is 18.9 Å². The van der Waals surface area contributed by atoms with E-state index in [1.807, 2.05) is 17.0 Å². The molecule has 25 heavy (non-hydrogen) atoms. The van der Waals surface area contributed by atoms with Gasteiger partial charge in [0, 0.05) is 0 Å². The van der Waals surface area contributed by atoms with Gasteiger partial charge >= 0.3 is 0 Å². The fourth-order valence-corrected chi connectivity index (χ4v) is 4.70. The molecule has 138 valence electrons. The molecule has 2 atom stereocenters. The predicted molar refractivity (Wildman–Crippen MR) is 97.2 cm³/mol. The second-order valence-corrected chi connectivity index (χ2v) is 8.48. The Kier molecular flexibility index (Phi) is 5.74. The van der Waals surface area contributed by atoms with Crippen molar-refractivity contribution in [2.45, 2.75) is 31.7 Å². The Morgan fingerprint density at radius 3 is 2.72 bits per heavy atom. The van der Waals surface area contributed by atoms with Crippen molar-refractivity contribution in [2.24, 2.45) is 5.92 Å². The minimum Gasteiger partial charge on any atom is -0.466 e. The first-order valence-corrected chi connectivity index (χ1v) is 10.1. The Bertz CT molecular complexity index is 597. The summed E-state index contributed by atoms with van der Waals surface area (Å²) >= 11 is 1.54. The summed E-state index contributed by atoms with van der Waals surface area (Å²) < 4.78 is 5.55. The third-order valence-corrected chi connectivity index (χ3v) is 6.12. The van der Waals surface area contributed by atoms with E-state index in [2.05, 4.69) is 20.9 Å². The van der Waals surface area contributed by atoms with Crippen molar-refractivity contribution in [3.8, 4) is 0 Å². The van der Waals surface area contributed by atoms with Crippen LogP contribution in [0, 0.1) is 5.92 Å². The molecule has 2 aliphatic heterocycles. The van der Waals surface area contributed by atoms with E-state index in [-0.39, 0.29) is 17.2 Å². The van der Waals surface area contributed by atoms with E-state index in [4.69, 9.17) is 4.42 Å². The topological polar surface area (TPSA) is 58.2 Å². The highest BCUT2D eigenvalue weighted by atomic mass is 32.2. The standard InChI is InChI=1S/C18H27N3O3S/c1-13(2)11-14(17(23)20-8-6-19(3)7-9-20)21-16(22)12-25-18(21)15-5-4-10-24-15/h4-5,10,13-14,18H,6-9,11-12H2,1-3H3/p+1/t14-,18+/m0/s1. The molecule has 2 saturated heterocycles. The zero-order valence-electron chi connectivity index (χ0n) is 15.2. The number of hydrogen-bond acceptors (Lipinski definition) is 4. The van der Waals surface area contributed by atoms with Gasteiger partial charge in [0.25, 0.3) is 0 Å². The molecule has 6 nitrogen and oxygen atoms in total. The van der Waals surface area contributed by atoms with Crippen LogP contribution in [0.15, 0.2) is 22.8 Å². The normalized spacial score (nSPS) is 23.5. The van der Waals surface area contributed by atoms with E-state index in [0.717, 1.165) is 31.9 Å². The van der Waals surface area contributed by atoms with Gasteiger partial charge in [-0.15, -0.1) is 11.8 Å². The molecule has 0 unspecified atom stereocenters. The van der Waals surface area contributed by atoms with Gasteiger partial charge in [-0.3, -0.25) is 9.59 Å². The van der Waals surface area contributed by atoms with Crippen LogP contribution in [0.1, 0.15) is 31.4 Å². The number of hydrogen-bond donors (Lipinski definition) is 1. The van der Waals surface area contributed by atoms with E-state index in [1.54, 1.807) is 22.9 Å². The minimum atomic E-state index is -0.406. The molecule has 0 aromatic carbocycles. The second kappa shape index (κ2) is 7.83. The molecule has 1 N–H and O–H groups in total. The first-order chi connectivity index (χ1) is 12.0. The third kappa shape index (κ3) is 4.03. The van der Waals surface area contributed by atoms with Crippen LogP contribution in [0.25, 0.3) is 0 Å². The third-order valence-electron chi connectivity index (χ3n) is 4.94. The quantitative estimate of drug-likeness (QED) is 0.830. The largest absolute Gasteiger partial charge is 0.466 e. The van der Waals surface area contributed by atoms with Crippen LogP contribution < -0.4 is 4.90 Å². The number of nitrogens with zero attached hydrogens (tertiary/aromatic N) is 2. The number of rotatable bonds is 5. The average Bonchev–Trinajstić information content (AvgIpc) is 3.22. The number of thioether (sulfide) groups is 1. The molecule has 0 radical (unpaired) electrons. The van der Waals surface area contributed by atoms with Crippen LogP contribution in [0.3, 0.4) is 0 Å². The molecule has 0 bridgehead atoms. The van der Waals surface area contributed by atoms with Crippen molar-refractivity contribution in [1.29, 1.82) is 0 Å². The van der Waals surface area contributed by atoms with Crippen LogP contribution in [-0.4, -0.2) is 66.6 Å². The lowest BCUT2D eigenvalue weighted by molar-refractivity contribution is -0.883. The Balaban J connectivity index is 1.83. The Morgan fingerprint density at radius 2 is 2.12 bits per heavy atom. The fourth-order valence-electron chi connectivity index (χ4n) is 3.52. The Hall–Kier alpha value is -1.47. The van der Waals surface area contributed by atoms with Gasteiger partial charge in [-0.05, 0) is 24.5 Å². The lowest BCUT2D eigenvalue weighted by Gasteiger charge is -2.37. The van der Waals surface area contributed by atoms with E-state index in [0.29, 0.717) is 18.1 Å². The van der Waals surface area contributed by atoms with Crippen molar-refractivity contribution in [1.82, 2.24) is 9.80 Å². The first kappa shape index (κ1) is 18.3. The molecule has 7 heteroatoms. The van der Waals surface area contributed by atoms with Gasteiger partial charge in [0.2, 0.25) is 11.8 Å². The maximum Gasteiger partial charge on any atom is 0.245 e. The van der Waals surface area contributed by atoms with Crippen LogP contribution in [0.5, 0.6) is 0 Å². The van der Waals surface area contributed by atoms with Gasteiger partial charge in [0.05, 0.1) is 45.2 Å². The second-order valence-electron chi connectivity index (χ2n) is 7.41. The smallest absolute Gasteiger partial charge is 0.245 e. The molecule has 0 saturated carbocycles. The molecule has 0 spiro atoms. The molecular weight excluding hydrogens is 338 g/mol. The molecule has 1 aromatic heterocycles. The number of carbonyl (C=O) groups excluding carboxylic acids is 2. The maximum atomic E-state index is 13.3. The first-order valence-electron chi connectivity index (χ1n) is 9.03. The zero-order chi connectivity index (χ0) is 18.0. The van der Waals surface area contributed by atoms with Crippen molar-refractivity contribution in [3.05, 3.63) is 24.2 Å². The van der Waals surface area contributed by atoms with Gasteiger partial charge in [0.1, 0.15) is 17.2 Å². The number of nitrogens with one attached hydrogen (secondary N) is 1. The monoisotopic (exact) mass is 366 g/mol. The summed E-state index contributed by atoms with van der Waals surface area (Å²) in [5.74, 6) is 1.61. The number of quaternary nitrogens is 1. The summed E-state index contributed by atoms with van der Waals surface area (Å²) in [7, 11) is 2.15. The van der Waals surface area contributed by atoms with Gasteiger partial charge in [0.15, 0.2) is 0 Å². The molecule has 2 aliphatic rings. The van der Waals surface area contributed by atoms with Crippen molar-refractivity contribution in [3.63, 3.8) is 0 Å². The lowest BCUT2D eigenvalue weighted by Crippen LogP contribution is -3.12. The summed E-state index contributed by atoms with van der Waals surface area (Å²) in [5, 5.41) is -0.201. The zero-order valence-corrected chi connectivity index (χ0v) is 16.1. The highest BCUT2D eigenvalue weighted by molar-refractivity contribution is 8.00. The fraction of sp³-hybridized carbons (Fsp3) is 0.667. The number of furan rings is 1. The van der Waals surface area contributed by atoms with Gasteiger partial charge in [-0.2, -0.15) is 0 Å². The summed E-state index contributed by atoms with van der Waals surface area (Å²) in [4.78, 5) is 31.1. The van der Waals surface area contributed by atoms with Gasteiger partial charge < -0.3 is 19.1 Å². The predicted octanol–water partition coefficient (Wildman–Crippen LogP) is 0.625. The van der Waals surface area contributed by atoms with Crippen LogP contribution in [0.4, 0.5) is 0 Å². The van der Waals surface area contributed by atoms with E-state index in [1.165, 1.54) is 4.90 Å². The SMILES string of the molecule is CC(C)C[C@@H](C(=O)N1CC[NH+](C)CC1)N1C(=O)CS[C@@H]1c1ccco1. The van der Waals surface area contributed by atoms with Crippen LogP contribution >= 0.6 is 11.8 Å². The van der Waals surface area contributed by atoms with Crippen molar-refractivity contribution >= 4 is 23.6 Å². The number of piperazine rings is 1. The van der Waals surface area contributed by atoms with E-state index in [9.17, 15) is 9.59 Å². The van der Waals surface area contributed by atoms with Gasteiger partial charge in [-0.25, -0.2) is 0 Å². The van der Waals surface area contributed by atoms with Crippen LogP contribution in [0.2, 0.25) is 0 Å². The summed E-state index contributed by atoms with van der Waals surface area (Å²) in [6.45, 7) is 7.66. The van der Waals surface area contributed by atoms with Gasteiger partial charge in [-0.1, -0.05) is 13.8 Å². The average molecular weight is 367 g/mol. The Morgan fingerprint density at radius 1 is 1.40 bits per heavy atom. The summed E-state index contributed by atoms with van der Waals surface area (Å²) in [6.07, 6.45) is 2.31. The number of amides is 2. The van der Waals surface area contributed by atoms with Crippen LogP contribution in [-0.2, 0) is 9.59 Å². The molecule has 2 fully saturated rings. The molecular formula is C18H28N3O3S+. The number of carbonyl (C=O) groups is 2. The minimum absolute atomic E-state index is 0.0325. The maximum absolute atomic E-state index is 13.3. The molecule has 2 amide bonds. The van der Waals surface area contributed by atoms with E-state index >= 15 is 0 Å². The lowest BCUT2D eigenvalue weighted by atomic mass is 10.00. The molecule has 3 rings (SSSR count). The Labute approximate surface area is 153 Å². The summed E-state index contributed by atoms with van der Waals surface area (Å²) in [6, 6.07) is 3.31. The summed E-state index contributed by atoms with van der Waals surface area (Å²) in [5.41, 5.74) is 0. The molecule has 0 aliphatic carbocycles. The molecule has 3 heterocycles. The molecule has 1 aromatic rings. The van der Waals surface area contributed by atoms with Crippen molar-refractivity contribution in [2.75, 3.05) is 39.0 Å². The number of likely N-dealkylation sites (N-methyl/N-ethyl adjacent to an activating group) is 1.